The molecule has 2 aromatic heterocycles. The van der Waals surface area contributed by atoms with E-state index in [2.05, 4.69) is 20.3 Å². The van der Waals surface area contributed by atoms with Crippen LogP contribution in [0.25, 0.3) is 11.2 Å². The molecule has 2 aromatic rings. The highest BCUT2D eigenvalue weighted by atomic mass is 16.5. The summed E-state index contributed by atoms with van der Waals surface area (Å²) >= 11 is 0. The molecule has 0 unspecified atom stereocenters. The monoisotopic (exact) mass is 266 g/mol. The minimum absolute atomic E-state index is 0.0303. The second-order valence-corrected chi connectivity index (χ2v) is 4.26. The third-order valence-corrected chi connectivity index (χ3v) is 3.12. The van der Waals surface area contributed by atoms with Gasteiger partial charge in [-0.15, -0.1) is 0 Å². The van der Waals surface area contributed by atoms with Gasteiger partial charge in [0.25, 0.3) is 0 Å². The molecule has 3 atom stereocenters. The first-order chi connectivity index (χ1) is 9.59. The van der Waals surface area contributed by atoms with E-state index in [9.17, 15) is 5.11 Å². The van der Waals surface area contributed by atoms with Crippen LogP contribution in [0.1, 0.15) is 14.0 Å². The first kappa shape index (κ1) is 11.1. The SMILES string of the molecule is [2H][C@]1(n2cnc3c(NC)ncnc32)C[C@H](O)[C@@H](CO)O1. The molecule has 1 aliphatic rings. The predicted octanol–water partition coefficient (Wildman–Crippen LogP) is -0.491. The summed E-state index contributed by atoms with van der Waals surface area (Å²) in [5.41, 5.74) is 0.956. The van der Waals surface area contributed by atoms with Crippen molar-refractivity contribution >= 4 is 17.0 Å². The smallest absolute Gasteiger partial charge is 0.167 e. The molecule has 3 N–H and O–H groups in total. The maximum atomic E-state index is 9.81. The number of hydrogen-bond acceptors (Lipinski definition) is 7. The Balaban J connectivity index is 2.07. The molecule has 8 nitrogen and oxygen atoms in total. The normalized spacial score (nSPS) is 31.6. The van der Waals surface area contributed by atoms with Crippen LogP contribution in [0.15, 0.2) is 12.7 Å². The molecule has 0 amide bonds. The number of fused-ring (bicyclic) bond motifs is 1. The lowest BCUT2D eigenvalue weighted by Gasteiger charge is -2.13. The summed E-state index contributed by atoms with van der Waals surface area (Å²) in [6, 6.07) is 0. The van der Waals surface area contributed by atoms with Crippen LogP contribution in [0.3, 0.4) is 0 Å². The van der Waals surface area contributed by atoms with E-state index in [1.807, 2.05) is 0 Å². The van der Waals surface area contributed by atoms with Crippen LogP contribution >= 0.6 is 0 Å². The minimum atomic E-state index is -1.54. The van der Waals surface area contributed by atoms with Crippen LogP contribution in [0.4, 0.5) is 5.82 Å². The van der Waals surface area contributed by atoms with Gasteiger partial charge in [-0.05, 0) is 0 Å². The quantitative estimate of drug-likeness (QED) is 0.688. The van der Waals surface area contributed by atoms with Crippen molar-refractivity contribution in [2.75, 3.05) is 19.0 Å². The molecule has 3 heterocycles. The third kappa shape index (κ3) is 1.93. The molecule has 3 rings (SSSR count). The predicted molar refractivity (Wildman–Crippen MR) is 66.5 cm³/mol. The van der Waals surface area contributed by atoms with Gasteiger partial charge >= 0.3 is 0 Å². The number of nitrogens with one attached hydrogen (secondary N) is 1. The second kappa shape index (κ2) is 4.72. The number of hydrogen-bond donors (Lipinski definition) is 3. The Kier molecular flexibility index (Phi) is 2.76. The number of nitrogens with zero attached hydrogens (tertiary/aromatic N) is 4. The number of imidazole rings is 1. The van der Waals surface area contributed by atoms with Crippen molar-refractivity contribution in [2.45, 2.75) is 24.8 Å². The Bertz CT molecular complexity index is 636. The lowest BCUT2D eigenvalue weighted by atomic mass is 10.2. The fourth-order valence-corrected chi connectivity index (χ4v) is 2.13. The topological polar surface area (TPSA) is 105 Å². The van der Waals surface area contributed by atoms with Crippen molar-refractivity contribution in [2.24, 2.45) is 0 Å². The molecule has 0 saturated carbocycles. The van der Waals surface area contributed by atoms with Crippen LogP contribution in [0.2, 0.25) is 0 Å². The summed E-state index contributed by atoms with van der Waals surface area (Å²) in [4.78, 5) is 12.4. The van der Waals surface area contributed by atoms with Gasteiger partial charge in [-0.25, -0.2) is 15.0 Å². The van der Waals surface area contributed by atoms with Gasteiger partial charge in [0, 0.05) is 13.5 Å². The lowest BCUT2D eigenvalue weighted by Crippen LogP contribution is -2.24. The fourth-order valence-electron chi connectivity index (χ4n) is 2.13. The van der Waals surface area contributed by atoms with E-state index in [-0.39, 0.29) is 13.0 Å². The Morgan fingerprint density at radius 2 is 2.42 bits per heavy atom. The van der Waals surface area contributed by atoms with Gasteiger partial charge < -0.3 is 20.3 Å². The number of rotatable bonds is 3. The molecule has 102 valence electrons. The molecule has 0 aliphatic carbocycles. The molecule has 8 heteroatoms. The highest BCUT2D eigenvalue weighted by Gasteiger charge is 2.35. The van der Waals surface area contributed by atoms with Crippen LogP contribution in [0, 0.1) is 0 Å². The molecular weight excluding hydrogens is 250 g/mol. The van der Waals surface area contributed by atoms with Crippen LogP contribution in [0.5, 0.6) is 0 Å². The van der Waals surface area contributed by atoms with E-state index >= 15 is 0 Å². The van der Waals surface area contributed by atoms with Crippen molar-refractivity contribution in [3.63, 3.8) is 0 Å². The van der Waals surface area contributed by atoms with E-state index in [0.717, 1.165) is 0 Å². The summed E-state index contributed by atoms with van der Waals surface area (Å²) in [5.74, 6) is 0.551. The molecular formula is C11H15N5O3. The fraction of sp³-hybridized carbons (Fsp3) is 0.545. The van der Waals surface area contributed by atoms with Gasteiger partial charge in [-0.2, -0.15) is 0 Å². The van der Waals surface area contributed by atoms with Gasteiger partial charge in [0.05, 0.1) is 20.4 Å². The summed E-state index contributed by atoms with van der Waals surface area (Å²) in [7, 11) is 1.72. The van der Waals surface area contributed by atoms with Crippen molar-refractivity contribution in [1.82, 2.24) is 19.5 Å². The zero-order chi connectivity index (χ0) is 14.3. The first-order valence-corrected chi connectivity index (χ1v) is 5.92. The second-order valence-electron chi connectivity index (χ2n) is 4.26. The number of aliphatic hydroxyl groups excluding tert-OH is 2. The van der Waals surface area contributed by atoms with Crippen molar-refractivity contribution < 1.29 is 16.3 Å². The largest absolute Gasteiger partial charge is 0.394 e. The van der Waals surface area contributed by atoms with E-state index < -0.39 is 18.4 Å². The Hall–Kier alpha value is -1.77. The van der Waals surface area contributed by atoms with Gasteiger partial charge in [0.15, 0.2) is 11.5 Å². The third-order valence-electron chi connectivity index (χ3n) is 3.12. The lowest BCUT2D eigenvalue weighted by molar-refractivity contribution is -0.0432. The number of aliphatic hydroxyl groups is 2. The Labute approximate surface area is 110 Å². The summed E-state index contributed by atoms with van der Waals surface area (Å²) in [5, 5.41) is 21.8. The maximum Gasteiger partial charge on any atom is 0.167 e. The van der Waals surface area contributed by atoms with Crippen LogP contribution in [-0.4, -0.2) is 55.6 Å². The first-order valence-electron chi connectivity index (χ1n) is 6.42. The van der Waals surface area contributed by atoms with E-state index in [1.165, 1.54) is 17.2 Å². The van der Waals surface area contributed by atoms with Crippen molar-refractivity contribution in [3.8, 4) is 0 Å². The standard InChI is InChI=1S/C11H15N5O3/c1-12-10-9-11(14-4-13-10)16(5-15-9)8-2-6(18)7(3-17)19-8/h4-8,17-18H,2-3H2,1H3,(H,12,13,14)/t6-,7+,8+/m0/s1/i8D. The molecule has 19 heavy (non-hydrogen) atoms. The zero-order valence-electron chi connectivity index (χ0n) is 11.3. The van der Waals surface area contributed by atoms with Gasteiger partial charge in [-0.1, -0.05) is 0 Å². The molecule has 1 saturated heterocycles. The van der Waals surface area contributed by atoms with Crippen molar-refractivity contribution in [3.05, 3.63) is 12.7 Å². The van der Waals surface area contributed by atoms with E-state index in [1.54, 1.807) is 7.05 Å². The van der Waals surface area contributed by atoms with E-state index in [0.29, 0.717) is 17.0 Å². The molecule has 0 spiro atoms. The average molecular weight is 266 g/mol. The zero-order valence-corrected chi connectivity index (χ0v) is 10.3. The molecule has 0 aromatic carbocycles. The van der Waals surface area contributed by atoms with Gasteiger partial charge in [0.1, 0.15) is 24.2 Å². The molecule has 1 aliphatic heterocycles. The van der Waals surface area contributed by atoms with Crippen LogP contribution in [-0.2, 0) is 4.74 Å². The average Bonchev–Trinajstić information content (AvgIpc) is 3.00. The van der Waals surface area contributed by atoms with E-state index in [4.69, 9.17) is 11.2 Å². The number of aromatic nitrogens is 4. The number of anilines is 1. The Morgan fingerprint density at radius 1 is 1.58 bits per heavy atom. The van der Waals surface area contributed by atoms with Crippen molar-refractivity contribution in [1.29, 1.82) is 0 Å². The highest BCUT2D eigenvalue weighted by Crippen LogP contribution is 2.31. The Morgan fingerprint density at radius 3 is 3.11 bits per heavy atom. The van der Waals surface area contributed by atoms with Gasteiger partial charge in [0.2, 0.25) is 0 Å². The number of ether oxygens (including phenoxy) is 1. The maximum absolute atomic E-state index is 9.81. The molecule has 0 bridgehead atoms. The van der Waals surface area contributed by atoms with Crippen LogP contribution < -0.4 is 5.32 Å². The molecule has 0 radical (unpaired) electrons. The highest BCUT2D eigenvalue weighted by molar-refractivity contribution is 5.82. The minimum Gasteiger partial charge on any atom is -0.394 e. The van der Waals surface area contributed by atoms with Gasteiger partial charge in [-0.3, -0.25) is 4.57 Å². The summed E-state index contributed by atoms with van der Waals surface area (Å²) < 4.78 is 15.2. The summed E-state index contributed by atoms with van der Waals surface area (Å²) in [6.07, 6.45) is -0.399. The molecule has 1 fully saturated rings. The summed E-state index contributed by atoms with van der Waals surface area (Å²) in [6.45, 7) is -0.342.